The second-order valence-electron chi connectivity index (χ2n) is 5.60. The highest BCUT2D eigenvalue weighted by molar-refractivity contribution is 7.99. The Morgan fingerprint density at radius 2 is 1.90 bits per heavy atom. The van der Waals surface area contributed by atoms with E-state index in [2.05, 4.69) is 5.32 Å². The van der Waals surface area contributed by atoms with E-state index in [9.17, 15) is 9.90 Å². The van der Waals surface area contributed by atoms with E-state index in [1.807, 2.05) is 24.3 Å². The molecule has 1 aliphatic carbocycles. The maximum Gasteiger partial charge on any atom is 0.221 e. The molecule has 21 heavy (non-hydrogen) atoms. The van der Waals surface area contributed by atoms with Crippen LogP contribution in [0.5, 0.6) is 0 Å². The van der Waals surface area contributed by atoms with Gasteiger partial charge in [0.25, 0.3) is 0 Å². The SMILES string of the molecule is O=C(CCSc1ccc(Cl)cc1)NC1(CO)CCCCC1. The van der Waals surface area contributed by atoms with E-state index in [1.165, 1.54) is 6.42 Å². The number of thioether (sulfide) groups is 1. The third kappa shape index (κ3) is 5.20. The molecular weight excluding hydrogens is 306 g/mol. The Morgan fingerprint density at radius 1 is 1.24 bits per heavy atom. The van der Waals surface area contributed by atoms with Crippen LogP contribution in [0.15, 0.2) is 29.2 Å². The summed E-state index contributed by atoms with van der Waals surface area (Å²) in [5.41, 5.74) is -0.375. The minimum atomic E-state index is -0.375. The number of carbonyl (C=O) groups excluding carboxylic acids is 1. The van der Waals surface area contributed by atoms with E-state index in [0.29, 0.717) is 6.42 Å². The Bertz CT molecular complexity index is 458. The molecule has 1 aliphatic rings. The van der Waals surface area contributed by atoms with Gasteiger partial charge in [0, 0.05) is 22.1 Å². The van der Waals surface area contributed by atoms with Gasteiger partial charge in [-0.25, -0.2) is 0 Å². The minimum absolute atomic E-state index is 0.0346. The normalized spacial score (nSPS) is 17.4. The number of rotatable bonds is 6. The molecule has 116 valence electrons. The number of carbonyl (C=O) groups is 1. The van der Waals surface area contributed by atoms with E-state index in [0.717, 1.165) is 41.4 Å². The molecule has 2 N–H and O–H groups in total. The first kappa shape index (κ1) is 16.7. The zero-order chi connectivity index (χ0) is 15.1. The largest absolute Gasteiger partial charge is 0.394 e. The van der Waals surface area contributed by atoms with E-state index < -0.39 is 0 Å². The maximum atomic E-state index is 12.1. The monoisotopic (exact) mass is 327 g/mol. The summed E-state index contributed by atoms with van der Waals surface area (Å²) in [5, 5.41) is 13.4. The van der Waals surface area contributed by atoms with Crippen LogP contribution in [0.4, 0.5) is 0 Å². The van der Waals surface area contributed by atoms with Crippen molar-refractivity contribution in [3.05, 3.63) is 29.3 Å². The van der Waals surface area contributed by atoms with Crippen LogP contribution in [0, 0.1) is 0 Å². The fraction of sp³-hybridized carbons (Fsp3) is 0.562. The van der Waals surface area contributed by atoms with Crippen LogP contribution in [0.25, 0.3) is 0 Å². The molecule has 1 saturated carbocycles. The molecule has 0 saturated heterocycles. The summed E-state index contributed by atoms with van der Waals surface area (Å²) in [6.45, 7) is 0.0447. The highest BCUT2D eigenvalue weighted by Gasteiger charge is 2.32. The van der Waals surface area contributed by atoms with Crippen molar-refractivity contribution in [3.8, 4) is 0 Å². The molecule has 0 aliphatic heterocycles. The Morgan fingerprint density at radius 3 is 2.52 bits per heavy atom. The van der Waals surface area contributed by atoms with Gasteiger partial charge >= 0.3 is 0 Å². The van der Waals surface area contributed by atoms with Gasteiger partial charge < -0.3 is 10.4 Å². The number of hydrogen-bond donors (Lipinski definition) is 2. The summed E-state index contributed by atoms with van der Waals surface area (Å²) in [6.07, 6.45) is 5.61. The van der Waals surface area contributed by atoms with Crippen molar-refractivity contribution in [1.82, 2.24) is 5.32 Å². The molecule has 0 bridgehead atoms. The van der Waals surface area contributed by atoms with Crippen LogP contribution in [-0.2, 0) is 4.79 Å². The standard InChI is InChI=1S/C16H22ClNO2S/c17-13-4-6-14(7-5-13)21-11-8-15(20)18-16(12-19)9-2-1-3-10-16/h4-7,19H,1-3,8-12H2,(H,18,20). The molecule has 1 amide bonds. The topological polar surface area (TPSA) is 49.3 Å². The summed E-state index contributed by atoms with van der Waals surface area (Å²) in [6, 6.07) is 7.63. The zero-order valence-corrected chi connectivity index (χ0v) is 13.7. The number of benzene rings is 1. The van der Waals surface area contributed by atoms with Crippen LogP contribution >= 0.6 is 23.4 Å². The van der Waals surface area contributed by atoms with Crippen molar-refractivity contribution in [2.24, 2.45) is 0 Å². The van der Waals surface area contributed by atoms with Gasteiger partial charge in [-0.15, -0.1) is 11.8 Å². The average molecular weight is 328 g/mol. The molecular formula is C16H22ClNO2S. The summed E-state index contributed by atoms with van der Waals surface area (Å²) < 4.78 is 0. The lowest BCUT2D eigenvalue weighted by Gasteiger charge is -2.36. The lowest BCUT2D eigenvalue weighted by Crippen LogP contribution is -2.52. The van der Waals surface area contributed by atoms with Gasteiger partial charge in [-0.1, -0.05) is 30.9 Å². The fourth-order valence-corrected chi connectivity index (χ4v) is 3.68. The maximum absolute atomic E-state index is 12.1. The average Bonchev–Trinajstić information content (AvgIpc) is 2.50. The fourth-order valence-electron chi connectivity index (χ4n) is 2.70. The second-order valence-corrected chi connectivity index (χ2v) is 7.20. The number of aliphatic hydroxyl groups is 1. The predicted octanol–water partition coefficient (Wildman–Crippen LogP) is 3.63. The number of hydrogen-bond acceptors (Lipinski definition) is 3. The molecule has 0 heterocycles. The first-order valence-corrected chi connectivity index (χ1v) is 8.80. The van der Waals surface area contributed by atoms with Crippen LogP contribution in [-0.4, -0.2) is 28.9 Å². The Labute approximate surface area is 135 Å². The molecule has 3 nitrogen and oxygen atoms in total. The van der Waals surface area contributed by atoms with Gasteiger partial charge in [-0.3, -0.25) is 4.79 Å². The molecule has 5 heteroatoms. The number of amides is 1. The highest BCUT2D eigenvalue weighted by Crippen LogP contribution is 2.28. The van der Waals surface area contributed by atoms with Crippen molar-refractivity contribution in [1.29, 1.82) is 0 Å². The van der Waals surface area contributed by atoms with Gasteiger partial charge in [0.2, 0.25) is 5.91 Å². The van der Waals surface area contributed by atoms with Crippen LogP contribution < -0.4 is 5.32 Å². The molecule has 0 aromatic heterocycles. The highest BCUT2D eigenvalue weighted by atomic mass is 35.5. The van der Waals surface area contributed by atoms with Gasteiger partial charge in [-0.05, 0) is 37.1 Å². The Balaban J connectivity index is 1.75. The molecule has 1 aromatic carbocycles. The first-order valence-electron chi connectivity index (χ1n) is 7.44. The summed E-state index contributed by atoms with van der Waals surface area (Å²) >= 11 is 7.48. The smallest absolute Gasteiger partial charge is 0.221 e. The Kier molecular flexibility index (Phi) is 6.40. The molecule has 0 spiro atoms. The molecule has 0 radical (unpaired) electrons. The molecule has 1 aromatic rings. The van der Waals surface area contributed by atoms with Crippen LogP contribution in [0.1, 0.15) is 38.5 Å². The van der Waals surface area contributed by atoms with Gasteiger partial charge in [-0.2, -0.15) is 0 Å². The molecule has 1 fully saturated rings. The quantitative estimate of drug-likeness (QED) is 0.784. The Hall–Kier alpha value is -0.710. The van der Waals surface area contributed by atoms with Gasteiger partial charge in [0.1, 0.15) is 0 Å². The first-order chi connectivity index (χ1) is 10.1. The van der Waals surface area contributed by atoms with E-state index in [1.54, 1.807) is 11.8 Å². The van der Waals surface area contributed by atoms with Gasteiger partial charge in [0.15, 0.2) is 0 Å². The van der Waals surface area contributed by atoms with Crippen molar-refractivity contribution in [2.75, 3.05) is 12.4 Å². The zero-order valence-electron chi connectivity index (χ0n) is 12.1. The van der Waals surface area contributed by atoms with E-state index in [4.69, 9.17) is 11.6 Å². The number of halogens is 1. The van der Waals surface area contributed by atoms with Crippen LogP contribution in [0.2, 0.25) is 5.02 Å². The molecule has 2 rings (SSSR count). The van der Waals surface area contributed by atoms with Crippen LogP contribution in [0.3, 0.4) is 0 Å². The third-order valence-corrected chi connectivity index (χ3v) is 5.20. The minimum Gasteiger partial charge on any atom is -0.394 e. The third-order valence-electron chi connectivity index (χ3n) is 3.93. The summed E-state index contributed by atoms with van der Waals surface area (Å²) in [7, 11) is 0. The number of nitrogens with one attached hydrogen (secondary N) is 1. The lowest BCUT2D eigenvalue weighted by molar-refractivity contribution is -0.123. The van der Waals surface area contributed by atoms with Gasteiger partial charge in [0.05, 0.1) is 12.1 Å². The molecule has 0 unspecified atom stereocenters. The van der Waals surface area contributed by atoms with Crippen molar-refractivity contribution in [3.63, 3.8) is 0 Å². The summed E-state index contributed by atoms with van der Waals surface area (Å²) in [4.78, 5) is 13.2. The van der Waals surface area contributed by atoms with Crippen molar-refractivity contribution < 1.29 is 9.90 Å². The van der Waals surface area contributed by atoms with E-state index >= 15 is 0 Å². The van der Waals surface area contributed by atoms with Crippen molar-refractivity contribution in [2.45, 2.75) is 49.0 Å². The molecule has 0 atom stereocenters. The number of aliphatic hydroxyl groups excluding tert-OH is 1. The second kappa shape index (κ2) is 8.06. The lowest BCUT2D eigenvalue weighted by atomic mass is 9.82. The predicted molar refractivity (Wildman–Crippen MR) is 87.8 cm³/mol. The van der Waals surface area contributed by atoms with E-state index in [-0.39, 0.29) is 18.1 Å². The summed E-state index contributed by atoms with van der Waals surface area (Å²) in [5.74, 6) is 0.766. The van der Waals surface area contributed by atoms with Crippen molar-refractivity contribution >= 4 is 29.3 Å².